The average Bonchev–Trinajstić information content (AvgIpc) is 2.39. The van der Waals surface area contributed by atoms with Crippen molar-refractivity contribution in [2.75, 3.05) is 0 Å². The van der Waals surface area contributed by atoms with Crippen molar-refractivity contribution in [2.24, 2.45) is 0 Å². The van der Waals surface area contributed by atoms with Gasteiger partial charge < -0.3 is 5.11 Å². The summed E-state index contributed by atoms with van der Waals surface area (Å²) in [6.07, 6.45) is 23.1. The Bertz CT molecular complexity index is 346. The van der Waals surface area contributed by atoms with E-state index in [4.69, 9.17) is 5.11 Å². The molecule has 0 aromatic carbocycles. The minimum atomic E-state index is -0.743. The summed E-state index contributed by atoms with van der Waals surface area (Å²) in [5, 5.41) is 8.44. The van der Waals surface area contributed by atoms with E-state index in [1.165, 1.54) is 0 Å². The first-order chi connectivity index (χ1) is 9.27. The third kappa shape index (κ3) is 16.2. The van der Waals surface area contributed by atoms with Gasteiger partial charge >= 0.3 is 5.97 Å². The third-order valence-electron chi connectivity index (χ3n) is 2.31. The normalized spacial score (nSPS) is 12.2. The highest BCUT2D eigenvalue weighted by atomic mass is 16.4. The molecule has 0 unspecified atom stereocenters. The molecule has 0 amide bonds. The first-order valence-electron chi connectivity index (χ1n) is 6.70. The fourth-order valence-electron chi connectivity index (χ4n) is 1.33. The molecule has 0 aliphatic rings. The van der Waals surface area contributed by atoms with Crippen LogP contribution < -0.4 is 0 Å². The molecule has 104 valence electrons. The molecule has 0 radical (unpaired) electrons. The van der Waals surface area contributed by atoms with Crippen LogP contribution in [0.2, 0.25) is 0 Å². The van der Waals surface area contributed by atoms with E-state index in [1.54, 1.807) is 0 Å². The van der Waals surface area contributed by atoms with Gasteiger partial charge in [-0.1, -0.05) is 54.7 Å². The Morgan fingerprint density at radius 2 is 1.21 bits per heavy atom. The Balaban J connectivity index is 3.45. The predicted octanol–water partition coefficient (Wildman–Crippen LogP) is 4.82. The highest BCUT2D eigenvalue weighted by molar-refractivity contribution is 5.66. The first-order valence-corrected chi connectivity index (χ1v) is 6.70. The molecule has 0 aromatic rings. The number of carbonyl (C=O) groups is 1. The van der Waals surface area contributed by atoms with Crippen LogP contribution >= 0.6 is 0 Å². The summed E-state index contributed by atoms with van der Waals surface area (Å²) >= 11 is 0. The Morgan fingerprint density at radius 3 is 1.63 bits per heavy atom. The maximum absolute atomic E-state index is 10.3. The fourth-order valence-corrected chi connectivity index (χ4v) is 1.33. The SMILES string of the molecule is C=CC/C=C\C/C=C\C/C=C\C/C=C\CCC(=O)O. The summed E-state index contributed by atoms with van der Waals surface area (Å²) < 4.78 is 0. The van der Waals surface area contributed by atoms with Crippen molar-refractivity contribution in [1.82, 2.24) is 0 Å². The summed E-state index contributed by atoms with van der Waals surface area (Å²) in [5.74, 6) is -0.743. The van der Waals surface area contributed by atoms with E-state index in [0.717, 1.165) is 25.7 Å². The van der Waals surface area contributed by atoms with Crippen LogP contribution in [0.4, 0.5) is 0 Å². The van der Waals surface area contributed by atoms with Crippen molar-refractivity contribution in [3.05, 3.63) is 61.3 Å². The van der Waals surface area contributed by atoms with Gasteiger partial charge in [0.1, 0.15) is 0 Å². The molecule has 19 heavy (non-hydrogen) atoms. The van der Waals surface area contributed by atoms with Crippen LogP contribution in [0.3, 0.4) is 0 Å². The molecule has 2 heteroatoms. The molecule has 0 atom stereocenters. The highest BCUT2D eigenvalue weighted by Gasteiger charge is 1.90. The first kappa shape index (κ1) is 17.2. The van der Waals surface area contributed by atoms with Crippen LogP contribution in [0.1, 0.15) is 38.5 Å². The van der Waals surface area contributed by atoms with Crippen molar-refractivity contribution in [2.45, 2.75) is 38.5 Å². The van der Waals surface area contributed by atoms with Crippen molar-refractivity contribution < 1.29 is 9.90 Å². The average molecular weight is 260 g/mol. The summed E-state index contributed by atoms with van der Waals surface area (Å²) in [4.78, 5) is 10.3. The maximum Gasteiger partial charge on any atom is 0.303 e. The van der Waals surface area contributed by atoms with E-state index < -0.39 is 5.97 Å². The second-order valence-electron chi connectivity index (χ2n) is 4.05. The minimum Gasteiger partial charge on any atom is -0.481 e. The van der Waals surface area contributed by atoms with Crippen LogP contribution in [-0.4, -0.2) is 11.1 Å². The van der Waals surface area contributed by atoms with Gasteiger partial charge in [-0.2, -0.15) is 0 Å². The van der Waals surface area contributed by atoms with Gasteiger partial charge in [-0.05, 0) is 32.1 Å². The maximum atomic E-state index is 10.3. The Hall–Kier alpha value is -1.83. The molecule has 1 N–H and O–H groups in total. The lowest BCUT2D eigenvalue weighted by Crippen LogP contribution is -1.91. The lowest BCUT2D eigenvalue weighted by atomic mass is 10.2. The topological polar surface area (TPSA) is 37.3 Å². The number of carboxylic acids is 1. The minimum absolute atomic E-state index is 0.211. The van der Waals surface area contributed by atoms with Gasteiger partial charge in [-0.25, -0.2) is 0 Å². The molecule has 0 aromatic heterocycles. The summed E-state index contributed by atoms with van der Waals surface area (Å²) in [6.45, 7) is 3.65. The third-order valence-corrected chi connectivity index (χ3v) is 2.31. The zero-order chi connectivity index (χ0) is 14.2. The zero-order valence-corrected chi connectivity index (χ0v) is 11.5. The lowest BCUT2D eigenvalue weighted by molar-refractivity contribution is -0.136. The molecule has 0 bridgehead atoms. The molecule has 0 rings (SSSR count). The Labute approximate surface area is 116 Å². The highest BCUT2D eigenvalue weighted by Crippen LogP contribution is 1.96. The van der Waals surface area contributed by atoms with Crippen LogP contribution in [-0.2, 0) is 4.79 Å². The van der Waals surface area contributed by atoms with Crippen molar-refractivity contribution in [3.8, 4) is 0 Å². The zero-order valence-electron chi connectivity index (χ0n) is 11.5. The van der Waals surface area contributed by atoms with Crippen molar-refractivity contribution in [1.29, 1.82) is 0 Å². The van der Waals surface area contributed by atoms with Gasteiger partial charge in [0.25, 0.3) is 0 Å². The molecule has 0 spiro atoms. The van der Waals surface area contributed by atoms with Crippen LogP contribution in [0.25, 0.3) is 0 Å². The van der Waals surface area contributed by atoms with Crippen molar-refractivity contribution >= 4 is 5.97 Å². The van der Waals surface area contributed by atoms with Gasteiger partial charge in [0.05, 0.1) is 0 Å². The number of hydrogen-bond donors (Lipinski definition) is 1. The quantitative estimate of drug-likeness (QED) is 0.541. The number of allylic oxidation sites excluding steroid dienone is 9. The van der Waals surface area contributed by atoms with Crippen LogP contribution in [0.15, 0.2) is 61.3 Å². The van der Waals surface area contributed by atoms with Gasteiger partial charge in [0, 0.05) is 6.42 Å². The monoisotopic (exact) mass is 260 g/mol. The van der Waals surface area contributed by atoms with E-state index in [2.05, 4.69) is 43.0 Å². The van der Waals surface area contributed by atoms with E-state index in [0.29, 0.717) is 6.42 Å². The molecule has 0 aliphatic heterocycles. The second-order valence-corrected chi connectivity index (χ2v) is 4.05. The number of rotatable bonds is 11. The molecule has 2 nitrogen and oxygen atoms in total. The van der Waals surface area contributed by atoms with Crippen molar-refractivity contribution in [3.63, 3.8) is 0 Å². The number of hydrogen-bond acceptors (Lipinski definition) is 1. The number of carboxylic acid groups (broad SMARTS) is 1. The molecule has 0 heterocycles. The largest absolute Gasteiger partial charge is 0.481 e. The van der Waals surface area contributed by atoms with E-state index in [-0.39, 0.29) is 6.42 Å². The van der Waals surface area contributed by atoms with E-state index in [1.807, 2.05) is 18.2 Å². The Morgan fingerprint density at radius 1 is 0.789 bits per heavy atom. The molecule has 0 fully saturated rings. The number of aliphatic carboxylic acids is 1. The molecular weight excluding hydrogens is 236 g/mol. The standard InChI is InChI=1S/C17H24O2/c1-2-3-4-5-6-7-8-9-10-11-12-13-14-15-16-17(18)19/h2,4-5,7-8,10-11,13-14H,1,3,6,9,12,15-16H2,(H,18,19)/b5-4-,8-7-,11-10-,14-13-. The van der Waals surface area contributed by atoms with E-state index >= 15 is 0 Å². The van der Waals surface area contributed by atoms with E-state index in [9.17, 15) is 4.79 Å². The van der Waals surface area contributed by atoms with Crippen LogP contribution in [0.5, 0.6) is 0 Å². The second kappa shape index (κ2) is 14.2. The van der Waals surface area contributed by atoms with Gasteiger partial charge in [-0.3, -0.25) is 4.79 Å². The summed E-state index contributed by atoms with van der Waals surface area (Å²) in [7, 11) is 0. The van der Waals surface area contributed by atoms with Crippen LogP contribution in [0, 0.1) is 0 Å². The fraction of sp³-hybridized carbons (Fsp3) is 0.353. The summed E-state index contributed by atoms with van der Waals surface area (Å²) in [5.41, 5.74) is 0. The molecule has 0 saturated heterocycles. The lowest BCUT2D eigenvalue weighted by Gasteiger charge is -1.87. The Kier molecular flexibility index (Phi) is 12.9. The smallest absolute Gasteiger partial charge is 0.303 e. The molecule has 0 aliphatic carbocycles. The van der Waals surface area contributed by atoms with Gasteiger partial charge in [-0.15, -0.1) is 6.58 Å². The summed E-state index contributed by atoms with van der Waals surface area (Å²) in [6, 6.07) is 0. The molecule has 0 saturated carbocycles. The predicted molar refractivity (Wildman–Crippen MR) is 82.1 cm³/mol. The molecular formula is C17H24O2. The van der Waals surface area contributed by atoms with Gasteiger partial charge in [0.2, 0.25) is 0 Å². The van der Waals surface area contributed by atoms with Gasteiger partial charge in [0.15, 0.2) is 0 Å².